The molecule has 0 N–H and O–H groups in total. The molecule has 0 amide bonds. The normalized spacial score (nSPS) is 13.1. The average molecular weight is 900 g/mol. The molecule has 4 nitrogen and oxygen atoms in total. The van der Waals surface area contributed by atoms with Crippen LogP contribution >= 0.6 is 41.2 Å². The van der Waals surface area contributed by atoms with Crippen molar-refractivity contribution in [2.45, 2.75) is 258 Å². The molecule has 338 valence electrons. The first-order valence-corrected chi connectivity index (χ1v) is 33.1. The van der Waals surface area contributed by atoms with E-state index in [0.29, 0.717) is 11.1 Å². The molecule has 2 atom stereocenters. The molecule has 0 fully saturated rings. The smallest absolute Gasteiger partial charge is 0.324 e. The van der Waals surface area contributed by atoms with Crippen LogP contribution in [0.1, 0.15) is 247 Å². The minimum atomic E-state index is -1.63. The Morgan fingerprint density at radius 1 is 0.304 bits per heavy atom. The van der Waals surface area contributed by atoms with Gasteiger partial charge in [-0.1, -0.05) is 215 Å². The Bertz CT molecular complexity index is 663. The van der Waals surface area contributed by atoms with Crippen LogP contribution in [0.3, 0.4) is 0 Å². The number of unbranched alkanes of at least 4 members (excludes halogenated alkanes) is 26. The van der Waals surface area contributed by atoms with Crippen LogP contribution in [0.15, 0.2) is 0 Å². The molecule has 0 saturated carbocycles. The average Bonchev–Trinajstić information content (AvgIpc) is 3.20. The summed E-state index contributed by atoms with van der Waals surface area (Å²) < 4.78 is 25.0. The van der Waals surface area contributed by atoms with Crippen molar-refractivity contribution in [2.75, 3.05) is 37.9 Å². The molecule has 0 radical (unpaired) electrons. The molecule has 0 saturated heterocycles. The van der Waals surface area contributed by atoms with Gasteiger partial charge in [0.15, 0.2) is 0 Å². The van der Waals surface area contributed by atoms with Gasteiger partial charge in [0.05, 0.1) is 0 Å². The van der Waals surface area contributed by atoms with Crippen LogP contribution in [0.2, 0.25) is 11.1 Å². The highest BCUT2D eigenvalue weighted by Crippen LogP contribution is 2.45. The van der Waals surface area contributed by atoms with Crippen molar-refractivity contribution in [3.8, 4) is 0 Å². The second kappa shape index (κ2) is 49.3. The summed E-state index contributed by atoms with van der Waals surface area (Å²) in [5.74, 6) is 2.38. The van der Waals surface area contributed by atoms with Crippen molar-refractivity contribution in [2.24, 2.45) is 0 Å². The summed E-state index contributed by atoms with van der Waals surface area (Å²) in [5.41, 5.74) is 1.26. The molecule has 0 bridgehead atoms. The van der Waals surface area contributed by atoms with Crippen LogP contribution < -0.4 is 0 Å². The SMILES string of the molecule is CCCCCCCCCCCCCCCCC(CCSSSSCCC(CCCCCCCCCCCCCCCC)[SiH](OCC)OCC)[SiH](OCC)OCC. The van der Waals surface area contributed by atoms with Crippen LogP contribution in [0.4, 0.5) is 0 Å². The number of rotatable bonds is 49. The highest BCUT2D eigenvalue weighted by molar-refractivity contribution is 9.26. The van der Waals surface area contributed by atoms with E-state index in [4.69, 9.17) is 17.7 Å². The molecule has 0 aromatic carbocycles. The number of hydrogen-bond acceptors (Lipinski definition) is 8. The third kappa shape index (κ3) is 39.8. The Morgan fingerprint density at radius 3 is 0.768 bits per heavy atom. The van der Waals surface area contributed by atoms with Gasteiger partial charge < -0.3 is 17.7 Å². The van der Waals surface area contributed by atoms with E-state index in [1.165, 1.54) is 217 Å². The van der Waals surface area contributed by atoms with E-state index in [0.717, 1.165) is 26.4 Å². The lowest BCUT2D eigenvalue weighted by Gasteiger charge is -2.25. The highest BCUT2D eigenvalue weighted by Gasteiger charge is 2.26. The maximum absolute atomic E-state index is 6.25. The monoisotopic (exact) mass is 899 g/mol. The van der Waals surface area contributed by atoms with E-state index in [1.54, 1.807) is 0 Å². The van der Waals surface area contributed by atoms with Crippen molar-refractivity contribution in [3.63, 3.8) is 0 Å². The Balaban J connectivity index is 4.28. The van der Waals surface area contributed by atoms with Gasteiger partial charge in [0.2, 0.25) is 0 Å². The summed E-state index contributed by atoms with van der Waals surface area (Å²) >= 11 is 0. The molecule has 0 aromatic rings. The quantitative estimate of drug-likeness (QED) is 0.0340. The van der Waals surface area contributed by atoms with E-state index in [-0.39, 0.29) is 0 Å². The van der Waals surface area contributed by atoms with Crippen molar-refractivity contribution in [3.05, 3.63) is 0 Å². The lowest BCUT2D eigenvalue weighted by molar-refractivity contribution is 0.200. The third-order valence-corrected chi connectivity index (χ3v) is 23.3. The van der Waals surface area contributed by atoms with E-state index < -0.39 is 18.6 Å². The molecule has 0 heterocycles. The summed E-state index contributed by atoms with van der Waals surface area (Å²) in [5, 5.41) is 0. The van der Waals surface area contributed by atoms with E-state index in [1.807, 2.05) is 41.2 Å². The Labute approximate surface area is 371 Å². The molecular weight excluding hydrogens is 801 g/mol. The zero-order chi connectivity index (χ0) is 40.8. The fourth-order valence-corrected chi connectivity index (χ4v) is 19.1. The molecule has 0 aliphatic rings. The van der Waals surface area contributed by atoms with Crippen LogP contribution in [0.25, 0.3) is 0 Å². The zero-order valence-corrected chi connectivity index (χ0v) is 44.0. The summed E-state index contributed by atoms with van der Waals surface area (Å²) in [7, 11) is 4.79. The van der Waals surface area contributed by atoms with E-state index >= 15 is 0 Å². The predicted octanol–water partition coefficient (Wildman–Crippen LogP) is 17.5. The van der Waals surface area contributed by atoms with Gasteiger partial charge in [-0.2, -0.15) is 0 Å². The molecular formula is C46H98O4S4Si2. The molecule has 10 heteroatoms. The standard InChI is InChI=1S/C46H98O4S4Si2/c1-7-13-15-17-19-21-23-25-27-29-31-33-35-37-39-45(55(47-9-3)48-10-4)41-43-51-53-54-52-44-42-46(56(49-11-5)50-12-6)40-38-36-34-32-30-28-26-24-22-20-18-16-14-8-2/h45-46,55-56H,7-44H2,1-6H3. The van der Waals surface area contributed by atoms with Crippen molar-refractivity contribution >= 4 is 59.8 Å². The van der Waals surface area contributed by atoms with Crippen molar-refractivity contribution in [1.29, 1.82) is 0 Å². The van der Waals surface area contributed by atoms with E-state index in [2.05, 4.69) is 41.5 Å². The fraction of sp³-hybridized carbons (Fsp3) is 1.00. The first kappa shape index (κ1) is 57.7. The van der Waals surface area contributed by atoms with Gasteiger partial charge in [-0.05, 0) is 73.0 Å². The van der Waals surface area contributed by atoms with Crippen LogP contribution in [0.5, 0.6) is 0 Å². The van der Waals surface area contributed by atoms with Crippen molar-refractivity contribution in [1.82, 2.24) is 0 Å². The largest absolute Gasteiger partial charge is 0.397 e. The molecule has 56 heavy (non-hydrogen) atoms. The van der Waals surface area contributed by atoms with Gasteiger partial charge in [-0.3, -0.25) is 0 Å². The second-order valence-electron chi connectivity index (χ2n) is 16.2. The summed E-state index contributed by atoms with van der Waals surface area (Å²) in [6.07, 6.45) is 44.8. The molecule has 0 aliphatic carbocycles. The van der Waals surface area contributed by atoms with Gasteiger partial charge in [0, 0.05) is 49.0 Å². The lowest BCUT2D eigenvalue weighted by atomic mass is 10.0. The summed E-state index contributed by atoms with van der Waals surface area (Å²) in [6, 6.07) is 0. The molecule has 0 aromatic heterocycles. The maximum atomic E-state index is 6.25. The second-order valence-corrected chi connectivity index (χ2v) is 27.1. The van der Waals surface area contributed by atoms with Gasteiger partial charge in [-0.25, -0.2) is 0 Å². The molecule has 0 spiro atoms. The van der Waals surface area contributed by atoms with Crippen LogP contribution in [0, 0.1) is 0 Å². The molecule has 0 rings (SSSR count). The van der Waals surface area contributed by atoms with Gasteiger partial charge >= 0.3 is 18.6 Å². The van der Waals surface area contributed by atoms with Gasteiger partial charge in [0.25, 0.3) is 0 Å². The van der Waals surface area contributed by atoms with Crippen LogP contribution in [-0.4, -0.2) is 56.5 Å². The Morgan fingerprint density at radius 2 is 0.536 bits per heavy atom. The molecule has 0 aliphatic heterocycles. The Hall–Kier alpha value is 1.67. The number of hydrogen-bond donors (Lipinski definition) is 0. The van der Waals surface area contributed by atoms with Crippen molar-refractivity contribution < 1.29 is 17.7 Å². The minimum absolute atomic E-state index is 0.632. The zero-order valence-electron chi connectivity index (χ0n) is 38.4. The van der Waals surface area contributed by atoms with Gasteiger partial charge in [-0.15, -0.1) is 0 Å². The summed E-state index contributed by atoms with van der Waals surface area (Å²) in [4.78, 5) is 0. The maximum Gasteiger partial charge on any atom is 0.324 e. The molecule has 2 unspecified atom stereocenters. The van der Waals surface area contributed by atoms with Crippen LogP contribution in [-0.2, 0) is 17.7 Å². The fourth-order valence-electron chi connectivity index (χ4n) is 7.84. The third-order valence-electron chi connectivity index (χ3n) is 11.2. The summed E-state index contributed by atoms with van der Waals surface area (Å²) in [6.45, 7) is 16.3. The first-order chi connectivity index (χ1) is 27.7. The Kier molecular flexibility index (Phi) is 50.8. The lowest BCUT2D eigenvalue weighted by Crippen LogP contribution is -2.29. The first-order valence-electron chi connectivity index (χ1n) is 24.7. The predicted molar refractivity (Wildman–Crippen MR) is 267 cm³/mol. The highest BCUT2D eigenvalue weighted by atomic mass is 33.7. The van der Waals surface area contributed by atoms with Gasteiger partial charge in [0.1, 0.15) is 0 Å². The topological polar surface area (TPSA) is 36.9 Å². The van der Waals surface area contributed by atoms with E-state index in [9.17, 15) is 0 Å². The minimum Gasteiger partial charge on any atom is -0.397 e.